The molecule has 1 rings (SSSR count). The van der Waals surface area contributed by atoms with Gasteiger partial charge in [-0.2, -0.15) is 0 Å². The molecule has 1 aliphatic rings. The molecule has 0 aromatic rings. The molecule has 96 valence electrons. The fourth-order valence-electron chi connectivity index (χ4n) is 2.39. The van der Waals surface area contributed by atoms with Crippen molar-refractivity contribution in [2.75, 3.05) is 0 Å². The van der Waals surface area contributed by atoms with E-state index in [2.05, 4.69) is 34.3 Å². The standard InChI is InChI=1S/C16H26O/c1-6-7-8-9-10-13-12(2)11-14(15(13)17)16(3,4)5/h11,13H,2,6-10H2,1,3-5H3. The molecule has 1 heteroatoms. The lowest BCUT2D eigenvalue weighted by molar-refractivity contribution is -0.118. The molecule has 1 nitrogen and oxygen atoms in total. The summed E-state index contributed by atoms with van der Waals surface area (Å²) in [6.45, 7) is 12.6. The molecule has 0 fully saturated rings. The molecule has 0 spiro atoms. The Balaban J connectivity index is 2.56. The van der Waals surface area contributed by atoms with Crippen LogP contribution in [0.3, 0.4) is 0 Å². The lowest BCUT2D eigenvalue weighted by Gasteiger charge is -2.20. The number of allylic oxidation sites excluding steroid dienone is 3. The van der Waals surface area contributed by atoms with Gasteiger partial charge in [-0.05, 0) is 17.4 Å². The second kappa shape index (κ2) is 5.66. The van der Waals surface area contributed by atoms with Crippen molar-refractivity contribution < 1.29 is 4.79 Å². The zero-order valence-corrected chi connectivity index (χ0v) is 11.8. The summed E-state index contributed by atoms with van der Waals surface area (Å²) in [5.74, 6) is 0.389. The molecular weight excluding hydrogens is 208 g/mol. The summed E-state index contributed by atoms with van der Waals surface area (Å²) < 4.78 is 0. The van der Waals surface area contributed by atoms with Gasteiger partial charge in [0.25, 0.3) is 0 Å². The van der Waals surface area contributed by atoms with Crippen LogP contribution in [-0.4, -0.2) is 5.78 Å². The Morgan fingerprint density at radius 1 is 1.24 bits per heavy atom. The van der Waals surface area contributed by atoms with Crippen LogP contribution in [0.15, 0.2) is 23.8 Å². The topological polar surface area (TPSA) is 17.1 Å². The summed E-state index contributed by atoms with van der Waals surface area (Å²) in [4.78, 5) is 12.3. The van der Waals surface area contributed by atoms with E-state index in [-0.39, 0.29) is 11.3 Å². The molecule has 17 heavy (non-hydrogen) atoms. The Labute approximate surface area is 106 Å². The van der Waals surface area contributed by atoms with Crippen molar-refractivity contribution in [2.45, 2.75) is 59.8 Å². The molecule has 0 aromatic heterocycles. The summed E-state index contributed by atoms with van der Waals surface area (Å²) in [5.41, 5.74) is 1.94. The SMILES string of the molecule is C=C1C=C(C(C)(C)C)C(=O)C1CCCCCC. The van der Waals surface area contributed by atoms with Crippen LogP contribution >= 0.6 is 0 Å². The molecule has 0 saturated carbocycles. The van der Waals surface area contributed by atoms with E-state index >= 15 is 0 Å². The summed E-state index contributed by atoms with van der Waals surface area (Å²) >= 11 is 0. The van der Waals surface area contributed by atoms with Crippen LogP contribution < -0.4 is 0 Å². The van der Waals surface area contributed by atoms with Crippen LogP contribution in [0.1, 0.15) is 59.8 Å². The van der Waals surface area contributed by atoms with Crippen LogP contribution in [0.4, 0.5) is 0 Å². The van der Waals surface area contributed by atoms with Crippen molar-refractivity contribution in [1.29, 1.82) is 0 Å². The van der Waals surface area contributed by atoms with Gasteiger partial charge in [0.2, 0.25) is 0 Å². The number of ketones is 1. The minimum Gasteiger partial charge on any atom is -0.294 e. The van der Waals surface area contributed by atoms with E-state index in [4.69, 9.17) is 0 Å². The fourth-order valence-corrected chi connectivity index (χ4v) is 2.39. The van der Waals surface area contributed by atoms with E-state index in [0.29, 0.717) is 5.78 Å². The lowest BCUT2D eigenvalue weighted by Crippen LogP contribution is -2.19. The molecule has 1 aliphatic carbocycles. The number of Topliss-reactive ketones (excluding diaryl/α,β-unsaturated/α-hetero) is 1. The third-order valence-corrected chi connectivity index (χ3v) is 3.51. The Morgan fingerprint density at radius 3 is 2.35 bits per heavy atom. The highest BCUT2D eigenvalue weighted by Crippen LogP contribution is 2.38. The first-order chi connectivity index (χ1) is 7.88. The maximum atomic E-state index is 12.3. The summed E-state index contributed by atoms with van der Waals surface area (Å²) in [5, 5.41) is 0. The smallest absolute Gasteiger partial charge is 0.166 e. The molecule has 0 aliphatic heterocycles. The predicted molar refractivity (Wildman–Crippen MR) is 73.9 cm³/mol. The third kappa shape index (κ3) is 3.55. The van der Waals surface area contributed by atoms with Crippen molar-refractivity contribution in [3.63, 3.8) is 0 Å². The average Bonchev–Trinajstić information content (AvgIpc) is 2.50. The summed E-state index contributed by atoms with van der Waals surface area (Å²) in [6, 6.07) is 0. The molecule has 0 heterocycles. The van der Waals surface area contributed by atoms with Gasteiger partial charge in [0.05, 0.1) is 0 Å². The van der Waals surface area contributed by atoms with Crippen molar-refractivity contribution in [2.24, 2.45) is 11.3 Å². The van der Waals surface area contributed by atoms with Crippen molar-refractivity contribution in [1.82, 2.24) is 0 Å². The van der Waals surface area contributed by atoms with E-state index in [1.165, 1.54) is 19.3 Å². The van der Waals surface area contributed by atoms with Gasteiger partial charge >= 0.3 is 0 Å². The molecule has 0 bridgehead atoms. The molecule has 0 amide bonds. The van der Waals surface area contributed by atoms with E-state index in [1.807, 2.05) is 6.08 Å². The molecule has 0 aromatic carbocycles. The van der Waals surface area contributed by atoms with Gasteiger partial charge in [-0.25, -0.2) is 0 Å². The minimum absolute atomic E-state index is 0.0435. The quantitative estimate of drug-likeness (QED) is 0.631. The van der Waals surface area contributed by atoms with Crippen LogP contribution in [0.5, 0.6) is 0 Å². The first-order valence-electron chi connectivity index (χ1n) is 6.83. The zero-order valence-electron chi connectivity index (χ0n) is 11.8. The van der Waals surface area contributed by atoms with Gasteiger partial charge in [-0.1, -0.05) is 66.0 Å². The van der Waals surface area contributed by atoms with Gasteiger partial charge in [-0.3, -0.25) is 4.79 Å². The Hall–Kier alpha value is -0.850. The van der Waals surface area contributed by atoms with Crippen LogP contribution in [0.2, 0.25) is 0 Å². The number of hydrogen-bond donors (Lipinski definition) is 0. The first-order valence-corrected chi connectivity index (χ1v) is 6.83. The second-order valence-corrected chi connectivity index (χ2v) is 6.15. The summed E-state index contributed by atoms with van der Waals surface area (Å²) in [6.07, 6.45) is 7.89. The maximum absolute atomic E-state index is 12.3. The highest BCUT2D eigenvalue weighted by atomic mass is 16.1. The van der Waals surface area contributed by atoms with Crippen molar-refractivity contribution in [3.05, 3.63) is 23.8 Å². The molecule has 1 unspecified atom stereocenters. The minimum atomic E-state index is -0.0435. The second-order valence-electron chi connectivity index (χ2n) is 6.15. The molecule has 0 radical (unpaired) electrons. The van der Waals surface area contributed by atoms with Crippen LogP contribution in [-0.2, 0) is 4.79 Å². The van der Waals surface area contributed by atoms with Crippen LogP contribution in [0, 0.1) is 11.3 Å². The molecule has 0 saturated heterocycles. The highest BCUT2D eigenvalue weighted by Gasteiger charge is 2.35. The highest BCUT2D eigenvalue weighted by molar-refractivity contribution is 6.04. The van der Waals surface area contributed by atoms with E-state index < -0.39 is 0 Å². The Bertz CT molecular complexity index is 328. The average molecular weight is 234 g/mol. The maximum Gasteiger partial charge on any atom is 0.166 e. The monoisotopic (exact) mass is 234 g/mol. The van der Waals surface area contributed by atoms with Gasteiger partial charge in [0, 0.05) is 11.5 Å². The molecule has 0 N–H and O–H groups in total. The Kier molecular flexibility index (Phi) is 4.73. The predicted octanol–water partition coefficient (Wildman–Crippen LogP) is 4.68. The van der Waals surface area contributed by atoms with Crippen molar-refractivity contribution in [3.8, 4) is 0 Å². The third-order valence-electron chi connectivity index (χ3n) is 3.51. The van der Waals surface area contributed by atoms with Gasteiger partial charge in [0.15, 0.2) is 5.78 Å². The first kappa shape index (κ1) is 14.2. The zero-order chi connectivity index (χ0) is 13.1. The molecular formula is C16H26O. The largest absolute Gasteiger partial charge is 0.294 e. The number of carbonyl (C=O) groups is 1. The molecule has 1 atom stereocenters. The van der Waals surface area contributed by atoms with Crippen molar-refractivity contribution >= 4 is 5.78 Å². The summed E-state index contributed by atoms with van der Waals surface area (Å²) in [7, 11) is 0. The number of rotatable bonds is 5. The van der Waals surface area contributed by atoms with Gasteiger partial charge < -0.3 is 0 Å². The van der Waals surface area contributed by atoms with Crippen LogP contribution in [0.25, 0.3) is 0 Å². The fraction of sp³-hybridized carbons (Fsp3) is 0.688. The van der Waals surface area contributed by atoms with E-state index in [0.717, 1.165) is 24.0 Å². The van der Waals surface area contributed by atoms with E-state index in [1.54, 1.807) is 0 Å². The number of unbranched alkanes of at least 4 members (excludes halogenated alkanes) is 3. The van der Waals surface area contributed by atoms with Gasteiger partial charge in [0.1, 0.15) is 0 Å². The number of hydrogen-bond acceptors (Lipinski definition) is 1. The Morgan fingerprint density at radius 2 is 1.88 bits per heavy atom. The van der Waals surface area contributed by atoms with E-state index in [9.17, 15) is 4.79 Å². The van der Waals surface area contributed by atoms with Gasteiger partial charge in [-0.15, -0.1) is 0 Å². The lowest BCUT2D eigenvalue weighted by atomic mass is 9.83. The normalized spacial score (nSPS) is 20.9. The number of carbonyl (C=O) groups excluding carboxylic acids is 1.